The summed E-state index contributed by atoms with van der Waals surface area (Å²) in [5, 5.41) is 12.0. The SMILES string of the molecule is CC(C)(C)OC(=O)NC(CS[Se]c1ccccc1N(c1ccccc1)S(=O)(=O)c1ccccc1)C(=O)O. The Labute approximate surface area is 226 Å². The van der Waals surface area contributed by atoms with Gasteiger partial charge in [0.2, 0.25) is 0 Å². The monoisotopic (exact) mass is 608 g/mol. The number of nitrogens with one attached hydrogen (secondary N) is 1. The number of hydrogen-bond acceptors (Lipinski definition) is 6. The Balaban J connectivity index is 1.87. The molecular weight excluding hydrogens is 579 g/mol. The minimum atomic E-state index is -3.95. The van der Waals surface area contributed by atoms with Crippen LogP contribution in [-0.2, 0) is 19.6 Å². The zero-order valence-electron chi connectivity index (χ0n) is 20.5. The maximum atomic E-state index is 13.8. The molecule has 0 aromatic heterocycles. The molecule has 3 aromatic rings. The molecule has 0 radical (unpaired) electrons. The van der Waals surface area contributed by atoms with E-state index in [1.54, 1.807) is 87.5 Å². The molecule has 2 N–H and O–H groups in total. The number of amides is 1. The van der Waals surface area contributed by atoms with Crippen molar-refractivity contribution in [3.05, 3.63) is 84.9 Å². The standard InChI is InChI=1S/C26H28N2O6S2Se/c1-26(2,3)34-25(31)27-21(24(29)30)18-35-37-23-17-11-10-16-22(23)28(19-12-6-4-7-13-19)36(32,33)20-14-8-5-9-15-20/h4-17,21H,18H2,1-3H3,(H,27,31)(H,29,30). The summed E-state index contributed by atoms with van der Waals surface area (Å²) in [7, 11) is -2.63. The normalized spacial score (nSPS) is 12.4. The Bertz CT molecular complexity index is 1320. The first-order valence-corrected chi connectivity index (χ1v) is 16.6. The van der Waals surface area contributed by atoms with Crippen LogP contribution in [0.3, 0.4) is 0 Å². The number of anilines is 2. The quantitative estimate of drug-likeness (QED) is 0.333. The van der Waals surface area contributed by atoms with E-state index in [2.05, 4.69) is 5.32 Å². The Kier molecular flexibility index (Phi) is 9.67. The number of nitrogens with zero attached hydrogens (tertiary/aromatic N) is 1. The van der Waals surface area contributed by atoms with E-state index in [1.165, 1.54) is 14.5 Å². The van der Waals surface area contributed by atoms with E-state index in [0.29, 0.717) is 11.4 Å². The van der Waals surface area contributed by atoms with E-state index in [0.717, 1.165) is 4.46 Å². The van der Waals surface area contributed by atoms with Crippen LogP contribution >= 0.6 is 10.2 Å². The first-order valence-electron chi connectivity index (χ1n) is 11.3. The van der Waals surface area contributed by atoms with Crippen molar-refractivity contribution in [3.8, 4) is 0 Å². The summed E-state index contributed by atoms with van der Waals surface area (Å²) in [6, 6.07) is 23.0. The summed E-state index contributed by atoms with van der Waals surface area (Å²) in [6.45, 7) is 5.08. The third-order valence-corrected chi connectivity index (χ3v) is 10.7. The van der Waals surface area contributed by atoms with Gasteiger partial charge in [0.05, 0.1) is 0 Å². The van der Waals surface area contributed by atoms with Crippen molar-refractivity contribution in [2.75, 3.05) is 10.1 Å². The van der Waals surface area contributed by atoms with Gasteiger partial charge in [0.15, 0.2) is 0 Å². The van der Waals surface area contributed by atoms with E-state index in [1.807, 2.05) is 18.2 Å². The molecule has 1 amide bonds. The summed E-state index contributed by atoms with van der Waals surface area (Å²) in [5.41, 5.74) is 0.209. The van der Waals surface area contributed by atoms with Crippen LogP contribution in [0.25, 0.3) is 0 Å². The predicted octanol–water partition coefficient (Wildman–Crippen LogP) is 4.17. The van der Waals surface area contributed by atoms with Crippen LogP contribution in [0.1, 0.15) is 20.8 Å². The molecule has 0 bridgehead atoms. The van der Waals surface area contributed by atoms with Gasteiger partial charge in [-0.05, 0) is 0 Å². The summed E-state index contributed by atoms with van der Waals surface area (Å²) in [4.78, 5) is 24.0. The number of carboxylic acid groups (broad SMARTS) is 1. The number of para-hydroxylation sites is 2. The Morgan fingerprint density at radius 1 is 0.973 bits per heavy atom. The van der Waals surface area contributed by atoms with Crippen LogP contribution in [0, 0.1) is 0 Å². The topological polar surface area (TPSA) is 113 Å². The fourth-order valence-corrected chi connectivity index (χ4v) is 8.98. The number of alkyl carbamates (subject to hydrolysis) is 1. The Morgan fingerprint density at radius 3 is 2.14 bits per heavy atom. The molecular formula is C26H28N2O6S2Se. The van der Waals surface area contributed by atoms with Gasteiger partial charge in [-0.2, -0.15) is 0 Å². The molecule has 0 aliphatic carbocycles. The van der Waals surface area contributed by atoms with Crippen molar-refractivity contribution in [2.45, 2.75) is 37.3 Å². The number of carbonyl (C=O) groups is 2. The predicted molar refractivity (Wildman–Crippen MR) is 147 cm³/mol. The molecule has 0 aliphatic heterocycles. The van der Waals surface area contributed by atoms with Crippen molar-refractivity contribution < 1.29 is 27.9 Å². The van der Waals surface area contributed by atoms with Gasteiger partial charge in [-0.15, -0.1) is 0 Å². The molecule has 196 valence electrons. The average Bonchev–Trinajstić information content (AvgIpc) is 2.84. The summed E-state index contributed by atoms with van der Waals surface area (Å²) in [5.74, 6) is -1.10. The van der Waals surface area contributed by atoms with Crippen LogP contribution in [0.15, 0.2) is 89.8 Å². The Morgan fingerprint density at radius 2 is 1.54 bits per heavy atom. The first-order chi connectivity index (χ1) is 17.5. The van der Waals surface area contributed by atoms with E-state index < -0.39 is 33.7 Å². The van der Waals surface area contributed by atoms with Gasteiger partial charge in [0.1, 0.15) is 0 Å². The molecule has 1 atom stereocenters. The van der Waals surface area contributed by atoms with E-state index in [4.69, 9.17) is 4.74 Å². The minimum absolute atomic E-state index is 0.0830. The number of rotatable bonds is 10. The average molecular weight is 608 g/mol. The number of carbonyl (C=O) groups excluding carboxylic acids is 1. The molecule has 0 saturated carbocycles. The molecule has 0 spiro atoms. The van der Waals surface area contributed by atoms with Gasteiger partial charge in [0.25, 0.3) is 0 Å². The van der Waals surface area contributed by atoms with Gasteiger partial charge in [0, 0.05) is 0 Å². The number of sulfonamides is 1. The van der Waals surface area contributed by atoms with E-state index in [9.17, 15) is 23.1 Å². The second-order valence-electron chi connectivity index (χ2n) is 8.79. The van der Waals surface area contributed by atoms with Crippen LogP contribution in [0.5, 0.6) is 0 Å². The van der Waals surface area contributed by atoms with Crippen LogP contribution < -0.4 is 14.1 Å². The van der Waals surface area contributed by atoms with Crippen LogP contribution in [0.2, 0.25) is 0 Å². The second kappa shape index (κ2) is 12.5. The fourth-order valence-electron chi connectivity index (χ4n) is 3.15. The van der Waals surface area contributed by atoms with Gasteiger partial charge in [-0.1, -0.05) is 0 Å². The summed E-state index contributed by atoms with van der Waals surface area (Å²) in [6.07, 6.45) is -0.808. The Hall–Kier alpha value is -2.98. The molecule has 3 rings (SSSR count). The van der Waals surface area contributed by atoms with Crippen molar-refractivity contribution in [1.82, 2.24) is 5.32 Å². The van der Waals surface area contributed by atoms with E-state index >= 15 is 0 Å². The van der Waals surface area contributed by atoms with Gasteiger partial charge in [-0.3, -0.25) is 0 Å². The second-order valence-corrected chi connectivity index (χ2v) is 14.8. The van der Waals surface area contributed by atoms with Crippen molar-refractivity contribution in [2.24, 2.45) is 0 Å². The number of aliphatic carboxylic acids is 1. The number of carboxylic acids is 1. The van der Waals surface area contributed by atoms with Crippen LogP contribution in [0.4, 0.5) is 16.2 Å². The maximum absolute atomic E-state index is 13.8. The molecule has 0 aliphatic rings. The first kappa shape index (κ1) is 28.6. The third kappa shape index (κ3) is 8.00. The zero-order valence-corrected chi connectivity index (χ0v) is 23.9. The zero-order chi connectivity index (χ0) is 27.1. The molecule has 1 unspecified atom stereocenters. The van der Waals surface area contributed by atoms with Crippen molar-refractivity contribution in [1.29, 1.82) is 0 Å². The third-order valence-electron chi connectivity index (χ3n) is 4.73. The number of ether oxygens (including phenoxy) is 1. The van der Waals surface area contributed by atoms with E-state index in [-0.39, 0.29) is 24.5 Å². The van der Waals surface area contributed by atoms with Crippen molar-refractivity contribution in [3.63, 3.8) is 0 Å². The molecule has 3 aromatic carbocycles. The van der Waals surface area contributed by atoms with Crippen molar-refractivity contribution >= 4 is 61.9 Å². The summed E-state index contributed by atoms with van der Waals surface area (Å²) >= 11 is -0.376. The number of benzene rings is 3. The molecule has 0 heterocycles. The molecule has 0 fully saturated rings. The van der Waals surface area contributed by atoms with Crippen LogP contribution in [-0.4, -0.2) is 56.8 Å². The summed E-state index contributed by atoms with van der Waals surface area (Å²) < 4.78 is 34.8. The van der Waals surface area contributed by atoms with Gasteiger partial charge < -0.3 is 0 Å². The molecule has 37 heavy (non-hydrogen) atoms. The fraction of sp³-hybridized carbons (Fsp3) is 0.231. The van der Waals surface area contributed by atoms with Gasteiger partial charge in [-0.25, -0.2) is 0 Å². The molecule has 8 nitrogen and oxygen atoms in total. The molecule has 11 heteroatoms. The molecule has 0 saturated heterocycles. The number of hydrogen-bond donors (Lipinski definition) is 2. The van der Waals surface area contributed by atoms with Gasteiger partial charge >= 0.3 is 227 Å².